The van der Waals surface area contributed by atoms with Gasteiger partial charge in [0.2, 0.25) is 0 Å². The van der Waals surface area contributed by atoms with Crippen LogP contribution in [0.5, 0.6) is 0 Å². The fraction of sp³-hybridized carbons (Fsp3) is 0. The van der Waals surface area contributed by atoms with Gasteiger partial charge in [0.15, 0.2) is 0 Å². The topological polar surface area (TPSA) is 51.8 Å². The number of nitrogens with zero attached hydrogens (tertiary/aromatic N) is 6. The van der Waals surface area contributed by atoms with E-state index in [9.17, 15) is 0 Å². The Hall–Kier alpha value is -6.53. The van der Waals surface area contributed by atoms with E-state index in [0.717, 1.165) is 56.2 Å². The van der Waals surface area contributed by atoms with Gasteiger partial charge < -0.3 is 4.90 Å². The molecule has 0 amide bonds. The minimum Gasteiger partial charge on any atom is -0.309 e. The standard InChI is InChI=1S/C41H26N6/c1-2-12-30-29(11-1)31-13-3-6-16-36(31)45(39-26-28(21-23-33(30)39)47-38-18-8-5-15-35(38)43-44-47)27-20-22-34-32-14-4-7-17-37(32)46(40(34)25-27)41-19-9-10-24-42-41/h1-26H. The van der Waals surface area contributed by atoms with Crippen LogP contribution in [0.3, 0.4) is 0 Å². The molecule has 0 bridgehead atoms. The van der Waals surface area contributed by atoms with E-state index >= 15 is 0 Å². The Balaban J connectivity index is 1.29. The monoisotopic (exact) mass is 602 g/mol. The highest BCUT2D eigenvalue weighted by molar-refractivity contribution is 6.11. The lowest BCUT2D eigenvalue weighted by Gasteiger charge is -2.28. The fourth-order valence-corrected chi connectivity index (χ4v) is 7.21. The van der Waals surface area contributed by atoms with Gasteiger partial charge in [-0.25, -0.2) is 9.67 Å². The molecule has 220 valence electrons. The van der Waals surface area contributed by atoms with Crippen LogP contribution in [0.4, 0.5) is 17.1 Å². The number of benzene rings is 6. The minimum atomic E-state index is 0.864. The zero-order chi connectivity index (χ0) is 30.9. The lowest BCUT2D eigenvalue weighted by Crippen LogP contribution is -2.12. The quantitative estimate of drug-likeness (QED) is 0.202. The number of para-hydroxylation sites is 3. The van der Waals surface area contributed by atoms with Gasteiger partial charge in [0, 0.05) is 33.8 Å². The summed E-state index contributed by atoms with van der Waals surface area (Å²) < 4.78 is 4.20. The van der Waals surface area contributed by atoms with Crippen LogP contribution in [-0.4, -0.2) is 24.5 Å². The largest absolute Gasteiger partial charge is 0.309 e. The molecular formula is C41H26N6. The second-order valence-electron chi connectivity index (χ2n) is 11.8. The van der Waals surface area contributed by atoms with Gasteiger partial charge in [-0.1, -0.05) is 96.2 Å². The molecule has 0 fully saturated rings. The van der Waals surface area contributed by atoms with Crippen molar-refractivity contribution in [2.75, 3.05) is 4.90 Å². The average molecular weight is 603 g/mol. The van der Waals surface area contributed by atoms with E-state index in [1.807, 2.05) is 41.2 Å². The molecule has 9 aromatic rings. The maximum absolute atomic E-state index is 4.78. The summed E-state index contributed by atoms with van der Waals surface area (Å²) in [4.78, 5) is 7.17. The summed E-state index contributed by atoms with van der Waals surface area (Å²) in [6.45, 7) is 0. The first-order valence-electron chi connectivity index (χ1n) is 15.7. The molecular weight excluding hydrogens is 576 g/mol. The Morgan fingerprint density at radius 1 is 0.447 bits per heavy atom. The highest BCUT2D eigenvalue weighted by Gasteiger charge is 2.27. The molecule has 10 rings (SSSR count). The predicted octanol–water partition coefficient (Wildman–Crippen LogP) is 10.0. The van der Waals surface area contributed by atoms with Crippen molar-refractivity contribution in [1.82, 2.24) is 24.5 Å². The Bertz CT molecular complexity index is 2650. The van der Waals surface area contributed by atoms with Crippen LogP contribution in [0.25, 0.3) is 66.6 Å². The van der Waals surface area contributed by atoms with Crippen LogP contribution in [0.15, 0.2) is 158 Å². The molecule has 0 aliphatic carbocycles. The molecule has 0 spiro atoms. The molecule has 6 aromatic carbocycles. The number of hydrogen-bond donors (Lipinski definition) is 0. The van der Waals surface area contributed by atoms with Crippen molar-refractivity contribution in [2.45, 2.75) is 0 Å². The maximum atomic E-state index is 4.78. The Kier molecular flexibility index (Phi) is 5.48. The van der Waals surface area contributed by atoms with Crippen LogP contribution < -0.4 is 4.90 Å². The van der Waals surface area contributed by atoms with Crippen molar-refractivity contribution in [3.05, 3.63) is 158 Å². The molecule has 0 unspecified atom stereocenters. The Morgan fingerprint density at radius 2 is 1.13 bits per heavy atom. The van der Waals surface area contributed by atoms with Crippen molar-refractivity contribution >= 4 is 49.9 Å². The summed E-state index contributed by atoms with van der Waals surface area (Å²) in [6.07, 6.45) is 1.85. The maximum Gasteiger partial charge on any atom is 0.137 e. The molecule has 0 radical (unpaired) electrons. The smallest absolute Gasteiger partial charge is 0.137 e. The molecule has 6 heteroatoms. The molecule has 4 heterocycles. The van der Waals surface area contributed by atoms with Crippen LogP contribution in [0.1, 0.15) is 0 Å². The number of hydrogen-bond acceptors (Lipinski definition) is 4. The first kappa shape index (κ1) is 25.8. The van der Waals surface area contributed by atoms with Crippen molar-refractivity contribution in [2.24, 2.45) is 0 Å². The predicted molar refractivity (Wildman–Crippen MR) is 190 cm³/mol. The molecule has 0 atom stereocenters. The molecule has 47 heavy (non-hydrogen) atoms. The molecule has 0 saturated carbocycles. The molecule has 0 N–H and O–H groups in total. The van der Waals surface area contributed by atoms with E-state index in [4.69, 9.17) is 4.98 Å². The summed E-state index contributed by atoms with van der Waals surface area (Å²) in [5.74, 6) is 0.889. The zero-order valence-corrected chi connectivity index (χ0v) is 25.2. The van der Waals surface area contributed by atoms with Crippen molar-refractivity contribution in [1.29, 1.82) is 0 Å². The van der Waals surface area contributed by atoms with Gasteiger partial charge in [-0.05, 0) is 71.8 Å². The number of aromatic nitrogens is 5. The van der Waals surface area contributed by atoms with Crippen LogP contribution in [-0.2, 0) is 0 Å². The van der Waals surface area contributed by atoms with E-state index in [2.05, 4.69) is 141 Å². The summed E-state index contributed by atoms with van der Waals surface area (Å²) in [5, 5.41) is 11.4. The Morgan fingerprint density at radius 3 is 1.98 bits per heavy atom. The van der Waals surface area contributed by atoms with Gasteiger partial charge in [-0.15, -0.1) is 5.10 Å². The second kappa shape index (κ2) is 9.99. The zero-order valence-electron chi connectivity index (χ0n) is 25.2. The van der Waals surface area contributed by atoms with Crippen LogP contribution in [0.2, 0.25) is 0 Å². The van der Waals surface area contributed by atoms with Crippen molar-refractivity contribution < 1.29 is 0 Å². The Labute approximate surface area is 270 Å². The van der Waals surface area contributed by atoms with Gasteiger partial charge in [0.05, 0.1) is 33.6 Å². The summed E-state index contributed by atoms with van der Waals surface area (Å²) >= 11 is 0. The molecule has 3 aromatic heterocycles. The van der Waals surface area contributed by atoms with Gasteiger partial charge in [-0.2, -0.15) is 0 Å². The van der Waals surface area contributed by atoms with Crippen LogP contribution in [0, 0.1) is 0 Å². The second-order valence-corrected chi connectivity index (χ2v) is 11.8. The average Bonchev–Trinajstić information content (AvgIpc) is 3.68. The normalized spacial score (nSPS) is 12.2. The van der Waals surface area contributed by atoms with Crippen LogP contribution >= 0.6 is 0 Å². The third-order valence-electron chi connectivity index (χ3n) is 9.26. The van der Waals surface area contributed by atoms with E-state index in [1.165, 1.54) is 27.5 Å². The fourth-order valence-electron chi connectivity index (χ4n) is 7.21. The number of rotatable bonds is 3. The SMILES string of the molecule is c1ccc(-n2c3ccccc3c3ccc(N4c5ccccc5-c5ccccc5-c5ccc(-n6nnc7ccccc76)cc54)cc32)nc1. The van der Waals surface area contributed by atoms with Gasteiger partial charge in [0.1, 0.15) is 11.3 Å². The summed E-state index contributed by atoms with van der Waals surface area (Å²) in [6, 6.07) is 53.5. The third kappa shape index (κ3) is 3.82. The minimum absolute atomic E-state index is 0.864. The first-order chi connectivity index (χ1) is 23.3. The summed E-state index contributed by atoms with van der Waals surface area (Å²) in [5.41, 5.74) is 13.0. The lowest BCUT2D eigenvalue weighted by molar-refractivity contribution is 0.824. The van der Waals surface area contributed by atoms with Gasteiger partial charge in [-0.3, -0.25) is 4.57 Å². The first-order valence-corrected chi connectivity index (χ1v) is 15.7. The molecule has 0 saturated heterocycles. The third-order valence-corrected chi connectivity index (χ3v) is 9.26. The lowest BCUT2D eigenvalue weighted by atomic mass is 9.94. The number of fused-ring (bicyclic) bond motifs is 9. The molecule has 6 nitrogen and oxygen atoms in total. The van der Waals surface area contributed by atoms with Crippen molar-refractivity contribution in [3.63, 3.8) is 0 Å². The van der Waals surface area contributed by atoms with E-state index in [1.54, 1.807) is 0 Å². The van der Waals surface area contributed by atoms with E-state index in [-0.39, 0.29) is 0 Å². The van der Waals surface area contributed by atoms with E-state index < -0.39 is 0 Å². The highest BCUT2D eigenvalue weighted by Crippen LogP contribution is 2.51. The summed E-state index contributed by atoms with van der Waals surface area (Å²) in [7, 11) is 0. The number of anilines is 3. The molecule has 1 aliphatic rings. The highest BCUT2D eigenvalue weighted by atomic mass is 15.4. The van der Waals surface area contributed by atoms with Gasteiger partial charge in [0.25, 0.3) is 0 Å². The van der Waals surface area contributed by atoms with Gasteiger partial charge >= 0.3 is 0 Å². The molecule has 1 aliphatic heterocycles. The van der Waals surface area contributed by atoms with Crippen molar-refractivity contribution in [3.8, 4) is 33.8 Å². The van der Waals surface area contributed by atoms with E-state index in [0.29, 0.717) is 0 Å². The number of pyridine rings is 1.